The number of aryl methyl sites for hydroxylation is 1. The Kier molecular flexibility index (Phi) is 14.6. The molecule has 3 aliphatic heterocycles. The minimum absolute atomic E-state index is 0.875. The SMILES string of the molecule is CCC1=NCCN1.CCc1cnc[nH]1.CN1CCN(C)CC1.CNCC1=NCCN1. The number of aliphatic imine (C=N–C) groups is 2. The highest BCUT2D eigenvalue weighted by Crippen LogP contribution is 1.93. The zero-order chi connectivity index (χ0) is 22.0. The molecule has 172 valence electrons. The lowest BCUT2D eigenvalue weighted by Crippen LogP contribution is -2.42. The fourth-order valence-corrected chi connectivity index (χ4v) is 2.80. The third kappa shape index (κ3) is 12.6. The summed E-state index contributed by atoms with van der Waals surface area (Å²) in [6, 6.07) is 0. The van der Waals surface area contributed by atoms with Crippen molar-refractivity contribution in [1.82, 2.24) is 35.7 Å². The maximum atomic E-state index is 4.17. The number of nitrogens with zero attached hydrogens (tertiary/aromatic N) is 5. The maximum absolute atomic E-state index is 4.17. The Hall–Kier alpha value is -1.97. The zero-order valence-electron chi connectivity index (χ0n) is 19.7. The van der Waals surface area contributed by atoms with E-state index in [1.165, 1.54) is 37.7 Å². The van der Waals surface area contributed by atoms with Crippen LogP contribution in [0.4, 0.5) is 0 Å². The van der Waals surface area contributed by atoms with Gasteiger partial charge in [0.2, 0.25) is 0 Å². The molecule has 0 aromatic carbocycles. The van der Waals surface area contributed by atoms with Gasteiger partial charge in [-0.25, -0.2) is 4.98 Å². The molecular formula is C21H43N9. The number of hydrogen-bond donors (Lipinski definition) is 4. The molecule has 1 fully saturated rings. The van der Waals surface area contributed by atoms with Gasteiger partial charge in [-0.3, -0.25) is 9.98 Å². The van der Waals surface area contributed by atoms with Gasteiger partial charge in [-0.05, 0) is 27.6 Å². The first-order valence-corrected chi connectivity index (χ1v) is 11.1. The molecule has 9 heteroatoms. The van der Waals surface area contributed by atoms with Crippen LogP contribution in [-0.4, -0.2) is 111 Å². The molecule has 0 amide bonds. The molecule has 0 spiro atoms. The average molecular weight is 422 g/mol. The minimum atomic E-state index is 0.875. The monoisotopic (exact) mass is 421 g/mol. The largest absolute Gasteiger partial charge is 0.372 e. The number of aromatic nitrogens is 2. The summed E-state index contributed by atoms with van der Waals surface area (Å²) < 4.78 is 0. The molecule has 0 radical (unpaired) electrons. The van der Waals surface area contributed by atoms with Crippen molar-refractivity contribution in [1.29, 1.82) is 0 Å². The summed E-state index contributed by atoms with van der Waals surface area (Å²) in [6.45, 7) is 14.0. The molecule has 30 heavy (non-hydrogen) atoms. The van der Waals surface area contributed by atoms with Crippen molar-refractivity contribution in [2.45, 2.75) is 26.7 Å². The molecule has 1 aromatic rings. The average Bonchev–Trinajstić information content (AvgIpc) is 3.55. The van der Waals surface area contributed by atoms with Gasteiger partial charge in [0.25, 0.3) is 0 Å². The van der Waals surface area contributed by atoms with Gasteiger partial charge in [0.15, 0.2) is 0 Å². The summed E-state index contributed by atoms with van der Waals surface area (Å²) in [6.07, 6.45) is 5.62. The van der Waals surface area contributed by atoms with E-state index in [1.807, 2.05) is 13.2 Å². The third-order valence-corrected chi connectivity index (χ3v) is 4.83. The number of hydrogen-bond acceptors (Lipinski definition) is 8. The zero-order valence-corrected chi connectivity index (χ0v) is 19.7. The van der Waals surface area contributed by atoms with Crippen LogP contribution in [0.1, 0.15) is 26.0 Å². The van der Waals surface area contributed by atoms with E-state index in [1.54, 1.807) is 6.33 Å². The number of amidine groups is 2. The van der Waals surface area contributed by atoms with Crippen molar-refractivity contribution in [2.75, 3.05) is 80.0 Å². The first kappa shape index (κ1) is 26.1. The van der Waals surface area contributed by atoms with E-state index in [9.17, 15) is 0 Å². The summed E-state index contributed by atoms with van der Waals surface area (Å²) in [4.78, 5) is 19.9. The molecule has 0 saturated carbocycles. The number of likely N-dealkylation sites (N-methyl/N-ethyl adjacent to an activating group) is 3. The summed E-state index contributed by atoms with van der Waals surface area (Å²) in [5.41, 5.74) is 1.19. The Morgan fingerprint density at radius 3 is 1.77 bits per heavy atom. The second-order valence-electron chi connectivity index (χ2n) is 7.43. The van der Waals surface area contributed by atoms with Crippen molar-refractivity contribution in [3.63, 3.8) is 0 Å². The smallest absolute Gasteiger partial charge is 0.110 e. The van der Waals surface area contributed by atoms with Crippen molar-refractivity contribution >= 4 is 11.7 Å². The van der Waals surface area contributed by atoms with E-state index in [2.05, 4.69) is 73.6 Å². The topological polar surface area (TPSA) is 96.0 Å². The van der Waals surface area contributed by atoms with Crippen molar-refractivity contribution < 1.29 is 0 Å². The van der Waals surface area contributed by atoms with Crippen LogP contribution in [0.25, 0.3) is 0 Å². The molecule has 4 heterocycles. The Balaban J connectivity index is 0.000000200. The van der Waals surface area contributed by atoms with E-state index in [-0.39, 0.29) is 0 Å². The van der Waals surface area contributed by atoms with Gasteiger partial charge in [0, 0.05) is 57.6 Å². The number of H-pyrrole nitrogens is 1. The van der Waals surface area contributed by atoms with Crippen LogP contribution in [-0.2, 0) is 6.42 Å². The van der Waals surface area contributed by atoms with Gasteiger partial charge >= 0.3 is 0 Å². The predicted molar refractivity (Wildman–Crippen MR) is 128 cm³/mol. The van der Waals surface area contributed by atoms with E-state index in [4.69, 9.17) is 0 Å². The molecular weight excluding hydrogens is 378 g/mol. The molecule has 0 unspecified atom stereocenters. The Labute approximate surface area is 182 Å². The standard InChI is InChI=1S/C6H14N2.C5H11N3.C5H8N2.C5H10N2/c1-7-3-5-8(2)6-4-7;1-6-4-5-7-2-3-8-5;1-2-5-3-6-4-7-5;1-2-5-6-3-4-7-5/h3-6H2,1-2H3;6H,2-4H2,1H3,(H,7,8);3-4H,2H2,1H3,(H,6,7);2-4H2,1H3,(H,6,7). The lowest BCUT2D eigenvalue weighted by Gasteiger charge is -2.28. The number of aromatic amines is 1. The summed E-state index contributed by atoms with van der Waals surface area (Å²) in [5, 5.41) is 9.32. The highest BCUT2D eigenvalue weighted by molar-refractivity contribution is 5.85. The fraction of sp³-hybridized carbons (Fsp3) is 0.762. The van der Waals surface area contributed by atoms with E-state index in [0.717, 1.165) is 51.4 Å². The van der Waals surface area contributed by atoms with Crippen LogP contribution in [0, 0.1) is 0 Å². The Bertz CT molecular complexity index is 565. The molecule has 0 bridgehead atoms. The highest BCUT2D eigenvalue weighted by atomic mass is 15.2. The molecule has 1 saturated heterocycles. The predicted octanol–water partition coefficient (Wildman–Crippen LogP) is 0.441. The molecule has 3 aliphatic rings. The van der Waals surface area contributed by atoms with Crippen molar-refractivity contribution in [3.05, 3.63) is 18.2 Å². The van der Waals surface area contributed by atoms with Gasteiger partial charge in [-0.15, -0.1) is 0 Å². The lowest BCUT2D eigenvalue weighted by atomic mass is 10.4. The lowest BCUT2D eigenvalue weighted by molar-refractivity contribution is 0.181. The number of nitrogens with one attached hydrogen (secondary N) is 4. The Morgan fingerprint density at radius 2 is 1.47 bits per heavy atom. The molecule has 0 atom stereocenters. The highest BCUT2D eigenvalue weighted by Gasteiger charge is 2.07. The summed E-state index contributed by atoms with van der Waals surface area (Å²) in [5.74, 6) is 2.26. The van der Waals surface area contributed by atoms with Gasteiger partial charge in [0.1, 0.15) is 5.84 Å². The van der Waals surface area contributed by atoms with Gasteiger partial charge in [-0.1, -0.05) is 13.8 Å². The van der Waals surface area contributed by atoms with Gasteiger partial charge in [-0.2, -0.15) is 0 Å². The molecule has 9 nitrogen and oxygen atoms in total. The quantitative estimate of drug-likeness (QED) is 0.564. The first-order valence-electron chi connectivity index (χ1n) is 11.1. The van der Waals surface area contributed by atoms with Crippen molar-refractivity contribution in [3.8, 4) is 0 Å². The number of piperazine rings is 1. The van der Waals surface area contributed by atoms with Crippen LogP contribution in [0.2, 0.25) is 0 Å². The van der Waals surface area contributed by atoms with E-state index >= 15 is 0 Å². The van der Waals surface area contributed by atoms with Crippen LogP contribution in [0.15, 0.2) is 22.5 Å². The molecule has 0 aliphatic carbocycles. The third-order valence-electron chi connectivity index (χ3n) is 4.83. The summed E-state index contributed by atoms with van der Waals surface area (Å²) in [7, 11) is 6.27. The van der Waals surface area contributed by atoms with Crippen LogP contribution in [0.3, 0.4) is 0 Å². The normalized spacial score (nSPS) is 18.3. The molecule has 4 N–H and O–H groups in total. The number of imidazole rings is 1. The van der Waals surface area contributed by atoms with Crippen LogP contribution < -0.4 is 16.0 Å². The van der Waals surface area contributed by atoms with Crippen LogP contribution in [0.5, 0.6) is 0 Å². The van der Waals surface area contributed by atoms with E-state index < -0.39 is 0 Å². The molecule has 4 rings (SSSR count). The van der Waals surface area contributed by atoms with Crippen molar-refractivity contribution in [2.24, 2.45) is 9.98 Å². The summed E-state index contributed by atoms with van der Waals surface area (Å²) >= 11 is 0. The maximum Gasteiger partial charge on any atom is 0.110 e. The minimum Gasteiger partial charge on any atom is -0.372 e. The molecule has 1 aromatic heterocycles. The second-order valence-corrected chi connectivity index (χ2v) is 7.43. The van der Waals surface area contributed by atoms with Crippen LogP contribution >= 0.6 is 0 Å². The van der Waals surface area contributed by atoms with Gasteiger partial charge < -0.3 is 30.7 Å². The van der Waals surface area contributed by atoms with Gasteiger partial charge in [0.05, 0.1) is 31.8 Å². The number of rotatable bonds is 4. The Morgan fingerprint density at radius 1 is 0.900 bits per heavy atom. The first-order chi connectivity index (χ1) is 14.6. The van der Waals surface area contributed by atoms with E-state index in [0.29, 0.717) is 0 Å². The second kappa shape index (κ2) is 16.8. The fourth-order valence-electron chi connectivity index (χ4n) is 2.80.